The van der Waals surface area contributed by atoms with E-state index in [2.05, 4.69) is 30.2 Å². The van der Waals surface area contributed by atoms with Crippen LogP contribution in [0.15, 0.2) is 30.7 Å². The summed E-state index contributed by atoms with van der Waals surface area (Å²) in [6, 6.07) is 0.696. The number of hydrogen-bond donors (Lipinski definition) is 2. The monoisotopic (exact) mass is 507 g/mol. The quantitative estimate of drug-likeness (QED) is 0.388. The van der Waals surface area contributed by atoms with Crippen LogP contribution in [0.3, 0.4) is 0 Å². The maximum Gasteiger partial charge on any atom is 0.431 e. The number of rotatable bonds is 3. The zero-order chi connectivity index (χ0) is 25.2. The van der Waals surface area contributed by atoms with Crippen molar-refractivity contribution in [1.82, 2.24) is 30.2 Å². The van der Waals surface area contributed by atoms with Crippen molar-refractivity contribution in [3.63, 3.8) is 0 Å². The number of alkyl halides is 6. The lowest BCUT2D eigenvalue weighted by Crippen LogP contribution is -2.57. The van der Waals surface area contributed by atoms with Crippen molar-refractivity contribution in [3.05, 3.63) is 42.0 Å². The largest absolute Gasteiger partial charge is 0.431 e. The van der Waals surface area contributed by atoms with Gasteiger partial charge in [0.15, 0.2) is 5.82 Å². The van der Waals surface area contributed by atoms with Gasteiger partial charge in [-0.3, -0.25) is 4.98 Å². The SMILES string of the molecule is FC(F)(F)c1cc2c(-c3nc(N4CCNC(C(F)(F)F)C4)c4c(C5CC5)cncc4n3)ccnc2[nH]1. The van der Waals surface area contributed by atoms with Crippen molar-refractivity contribution in [2.75, 3.05) is 24.5 Å². The molecule has 2 N–H and O–H groups in total. The van der Waals surface area contributed by atoms with Gasteiger partial charge in [0, 0.05) is 48.4 Å². The van der Waals surface area contributed by atoms with Gasteiger partial charge in [-0.2, -0.15) is 26.3 Å². The summed E-state index contributed by atoms with van der Waals surface area (Å²) in [4.78, 5) is 21.4. The molecule has 188 valence electrons. The van der Waals surface area contributed by atoms with Gasteiger partial charge < -0.3 is 15.2 Å². The highest BCUT2D eigenvalue weighted by Crippen LogP contribution is 2.45. The number of hydrogen-bond acceptors (Lipinski definition) is 6. The topological polar surface area (TPSA) is 82.6 Å². The number of anilines is 1. The predicted octanol–water partition coefficient (Wildman–Crippen LogP) is 4.80. The molecular formula is C23H19F6N7. The fourth-order valence-corrected chi connectivity index (χ4v) is 4.68. The lowest BCUT2D eigenvalue weighted by Gasteiger charge is -2.36. The molecule has 4 aromatic heterocycles. The first kappa shape index (κ1) is 23.0. The predicted molar refractivity (Wildman–Crippen MR) is 119 cm³/mol. The van der Waals surface area contributed by atoms with Crippen LogP contribution in [-0.4, -0.2) is 56.8 Å². The number of H-pyrrole nitrogens is 1. The van der Waals surface area contributed by atoms with Crippen LogP contribution in [0.2, 0.25) is 0 Å². The number of nitrogens with zero attached hydrogens (tertiary/aromatic N) is 5. The molecule has 1 saturated carbocycles. The van der Waals surface area contributed by atoms with Crippen LogP contribution in [0, 0.1) is 0 Å². The molecule has 1 aliphatic heterocycles. The number of aromatic nitrogens is 5. The van der Waals surface area contributed by atoms with Crippen LogP contribution < -0.4 is 10.2 Å². The lowest BCUT2D eigenvalue weighted by molar-refractivity contribution is -0.155. The Labute approximate surface area is 200 Å². The molecule has 0 spiro atoms. The fraction of sp³-hybridized carbons (Fsp3) is 0.391. The molecular weight excluding hydrogens is 488 g/mol. The first-order valence-corrected chi connectivity index (χ1v) is 11.4. The number of pyridine rings is 2. The van der Waals surface area contributed by atoms with Gasteiger partial charge in [0.2, 0.25) is 0 Å². The highest BCUT2D eigenvalue weighted by Gasteiger charge is 2.43. The van der Waals surface area contributed by atoms with Crippen LogP contribution in [0.4, 0.5) is 32.2 Å². The van der Waals surface area contributed by atoms with Crippen molar-refractivity contribution in [2.24, 2.45) is 0 Å². The average Bonchev–Trinajstić information content (AvgIpc) is 3.58. The molecule has 0 amide bonds. The Bertz CT molecular complexity index is 1460. The molecule has 5 heterocycles. The molecule has 36 heavy (non-hydrogen) atoms. The highest BCUT2D eigenvalue weighted by atomic mass is 19.4. The van der Waals surface area contributed by atoms with Gasteiger partial charge in [-0.1, -0.05) is 0 Å². The summed E-state index contributed by atoms with van der Waals surface area (Å²) in [5.41, 5.74) is 0.629. The van der Waals surface area contributed by atoms with Crippen molar-refractivity contribution < 1.29 is 26.3 Å². The van der Waals surface area contributed by atoms with E-state index in [0.29, 0.717) is 16.7 Å². The van der Waals surface area contributed by atoms with Crippen molar-refractivity contribution in [3.8, 4) is 11.4 Å². The van der Waals surface area contributed by atoms with Gasteiger partial charge in [0.25, 0.3) is 0 Å². The summed E-state index contributed by atoms with van der Waals surface area (Å²) in [5.74, 6) is 0.642. The van der Waals surface area contributed by atoms with Gasteiger partial charge >= 0.3 is 12.4 Å². The maximum absolute atomic E-state index is 13.5. The molecule has 2 aliphatic rings. The number of nitrogens with one attached hydrogen (secondary N) is 2. The van der Waals surface area contributed by atoms with E-state index in [4.69, 9.17) is 0 Å². The first-order valence-electron chi connectivity index (χ1n) is 11.4. The Balaban J connectivity index is 1.55. The summed E-state index contributed by atoms with van der Waals surface area (Å²) in [5, 5.41) is 3.30. The van der Waals surface area contributed by atoms with E-state index in [0.717, 1.165) is 24.5 Å². The second-order valence-electron chi connectivity index (χ2n) is 9.06. The van der Waals surface area contributed by atoms with Crippen LogP contribution in [-0.2, 0) is 6.18 Å². The van der Waals surface area contributed by atoms with E-state index in [9.17, 15) is 26.3 Å². The second-order valence-corrected chi connectivity index (χ2v) is 9.06. The minimum absolute atomic E-state index is 0.00855. The van der Waals surface area contributed by atoms with Gasteiger partial charge in [-0.25, -0.2) is 15.0 Å². The van der Waals surface area contributed by atoms with Crippen molar-refractivity contribution >= 4 is 27.8 Å². The van der Waals surface area contributed by atoms with Crippen LogP contribution in [0.25, 0.3) is 33.3 Å². The zero-order valence-corrected chi connectivity index (χ0v) is 18.6. The molecule has 1 unspecified atom stereocenters. The molecule has 1 atom stereocenters. The van der Waals surface area contributed by atoms with E-state index in [1.54, 1.807) is 11.1 Å². The summed E-state index contributed by atoms with van der Waals surface area (Å²) in [7, 11) is 0. The van der Waals surface area contributed by atoms with Crippen LogP contribution >= 0.6 is 0 Å². The Hall–Kier alpha value is -3.48. The Morgan fingerprint density at radius 1 is 1.03 bits per heavy atom. The Kier molecular flexibility index (Phi) is 5.11. The Morgan fingerprint density at radius 3 is 2.56 bits per heavy atom. The zero-order valence-electron chi connectivity index (χ0n) is 18.6. The second kappa shape index (κ2) is 8.02. The summed E-state index contributed by atoms with van der Waals surface area (Å²) in [6.07, 6.45) is -2.64. The summed E-state index contributed by atoms with van der Waals surface area (Å²) < 4.78 is 80.6. The molecule has 1 saturated heterocycles. The third kappa shape index (κ3) is 4.00. The third-order valence-electron chi connectivity index (χ3n) is 6.58. The van der Waals surface area contributed by atoms with Gasteiger partial charge in [-0.05, 0) is 36.5 Å². The minimum Gasteiger partial charge on any atom is -0.353 e. The van der Waals surface area contributed by atoms with Gasteiger partial charge in [-0.15, -0.1) is 0 Å². The fourth-order valence-electron chi connectivity index (χ4n) is 4.68. The van der Waals surface area contributed by atoms with E-state index < -0.39 is 24.1 Å². The number of halogens is 6. The number of piperazine rings is 1. The molecule has 0 bridgehead atoms. The molecule has 0 aromatic carbocycles. The smallest absolute Gasteiger partial charge is 0.353 e. The molecule has 6 rings (SSSR count). The third-order valence-corrected chi connectivity index (χ3v) is 6.58. The average molecular weight is 507 g/mol. The summed E-state index contributed by atoms with van der Waals surface area (Å²) in [6.45, 7) is 0.0232. The molecule has 7 nitrogen and oxygen atoms in total. The van der Waals surface area contributed by atoms with E-state index >= 15 is 0 Å². The maximum atomic E-state index is 13.5. The number of fused-ring (bicyclic) bond motifs is 2. The highest BCUT2D eigenvalue weighted by molar-refractivity contribution is 5.97. The molecule has 4 aromatic rings. The van der Waals surface area contributed by atoms with Gasteiger partial charge in [0.1, 0.15) is 23.2 Å². The molecule has 0 radical (unpaired) electrons. The molecule has 13 heteroatoms. The van der Waals surface area contributed by atoms with Crippen LogP contribution in [0.5, 0.6) is 0 Å². The van der Waals surface area contributed by atoms with E-state index in [1.165, 1.54) is 18.5 Å². The molecule has 1 aliphatic carbocycles. The van der Waals surface area contributed by atoms with Crippen LogP contribution in [0.1, 0.15) is 30.0 Å². The van der Waals surface area contributed by atoms with Crippen molar-refractivity contribution in [1.29, 1.82) is 0 Å². The van der Waals surface area contributed by atoms with E-state index in [1.807, 2.05) is 0 Å². The normalized spacial score (nSPS) is 19.4. The van der Waals surface area contributed by atoms with E-state index in [-0.39, 0.29) is 48.0 Å². The number of aromatic amines is 1. The van der Waals surface area contributed by atoms with Crippen molar-refractivity contribution in [2.45, 2.75) is 37.2 Å². The first-order chi connectivity index (χ1) is 17.1. The standard InChI is InChI=1S/C23H19F6N7/c24-22(25,26)16-7-13-12(3-4-32-19(13)34-16)20-33-15-9-30-8-14(11-1-2-11)18(15)21(35-20)36-6-5-31-17(10-36)23(27,28)29/h3-4,7-9,11,17,31H,1-2,5-6,10H2,(H,32,34). The minimum atomic E-state index is -4.61. The Morgan fingerprint density at radius 2 is 1.83 bits per heavy atom. The lowest BCUT2D eigenvalue weighted by atomic mass is 10.1. The molecule has 2 fully saturated rings. The van der Waals surface area contributed by atoms with Gasteiger partial charge in [0.05, 0.1) is 11.7 Å². The summed E-state index contributed by atoms with van der Waals surface area (Å²) >= 11 is 0.